The van der Waals surface area contributed by atoms with E-state index in [0.29, 0.717) is 21.3 Å². The van der Waals surface area contributed by atoms with Crippen molar-refractivity contribution >= 4 is 46.2 Å². The first kappa shape index (κ1) is 15.3. The lowest BCUT2D eigenvalue weighted by Crippen LogP contribution is -2.20. The zero-order valence-corrected chi connectivity index (χ0v) is 12.8. The maximum absolute atomic E-state index is 11.8. The van der Waals surface area contributed by atoms with Crippen LogP contribution < -0.4 is 11.1 Å². The Morgan fingerprint density at radius 1 is 1.38 bits per heavy atom. The minimum Gasteiger partial charge on any atom is -0.451 e. The molecule has 5 nitrogen and oxygen atoms in total. The van der Waals surface area contributed by atoms with Crippen LogP contribution in [0, 0.1) is 6.92 Å². The standard InChI is InChI=1S/C14H13ClN2O3S/c1-8-10(16)6-12(21-8)14(19)20-7-13(18)17-11-5-3-2-4-9(11)15/h2-6H,7,16H2,1H3,(H,17,18). The monoisotopic (exact) mass is 324 g/mol. The van der Waals surface area contributed by atoms with Gasteiger partial charge in [0.25, 0.3) is 5.91 Å². The van der Waals surface area contributed by atoms with Crippen LogP contribution in [0.2, 0.25) is 5.02 Å². The quantitative estimate of drug-likeness (QED) is 0.847. The number of para-hydroxylation sites is 1. The molecule has 2 rings (SSSR count). The van der Waals surface area contributed by atoms with Crippen LogP contribution in [0.25, 0.3) is 0 Å². The Kier molecular flexibility index (Phi) is 4.82. The molecular formula is C14H13ClN2O3S. The number of carbonyl (C=O) groups excluding carboxylic acids is 2. The number of hydrogen-bond acceptors (Lipinski definition) is 5. The van der Waals surface area contributed by atoms with E-state index in [1.807, 2.05) is 0 Å². The number of amides is 1. The maximum Gasteiger partial charge on any atom is 0.348 e. The molecule has 0 radical (unpaired) electrons. The average molecular weight is 325 g/mol. The molecule has 7 heteroatoms. The van der Waals surface area contributed by atoms with Gasteiger partial charge in [0.1, 0.15) is 4.88 Å². The smallest absolute Gasteiger partial charge is 0.348 e. The van der Waals surface area contributed by atoms with Crippen LogP contribution >= 0.6 is 22.9 Å². The number of thiophene rings is 1. The Hall–Kier alpha value is -2.05. The number of anilines is 2. The van der Waals surface area contributed by atoms with Gasteiger partial charge in [-0.25, -0.2) is 4.79 Å². The molecule has 0 bridgehead atoms. The number of ether oxygens (including phenoxy) is 1. The van der Waals surface area contributed by atoms with Gasteiger partial charge in [-0.1, -0.05) is 23.7 Å². The largest absolute Gasteiger partial charge is 0.451 e. The number of aryl methyl sites for hydroxylation is 1. The maximum atomic E-state index is 11.8. The van der Waals surface area contributed by atoms with E-state index in [1.165, 1.54) is 17.4 Å². The second-order valence-electron chi connectivity index (χ2n) is 4.23. The number of halogens is 1. The third-order valence-electron chi connectivity index (χ3n) is 2.64. The predicted octanol–water partition coefficient (Wildman–Crippen LogP) is 3.09. The molecule has 0 unspecified atom stereocenters. The first-order chi connectivity index (χ1) is 9.97. The van der Waals surface area contributed by atoms with Crippen LogP contribution in [-0.2, 0) is 9.53 Å². The average Bonchev–Trinajstić information content (AvgIpc) is 2.79. The summed E-state index contributed by atoms with van der Waals surface area (Å²) in [5.41, 5.74) is 6.67. The Bertz CT molecular complexity index is 665. The van der Waals surface area contributed by atoms with Gasteiger partial charge in [0.05, 0.1) is 10.7 Å². The second-order valence-corrected chi connectivity index (χ2v) is 5.89. The molecule has 21 heavy (non-hydrogen) atoms. The summed E-state index contributed by atoms with van der Waals surface area (Å²) in [5.74, 6) is -1.04. The van der Waals surface area contributed by atoms with Crippen molar-refractivity contribution in [3.8, 4) is 0 Å². The van der Waals surface area contributed by atoms with Gasteiger partial charge in [-0.05, 0) is 25.1 Å². The number of esters is 1. The molecule has 0 saturated heterocycles. The number of carbonyl (C=O) groups is 2. The van der Waals surface area contributed by atoms with Crippen molar-refractivity contribution in [2.45, 2.75) is 6.92 Å². The molecule has 0 aliphatic heterocycles. The third kappa shape index (κ3) is 3.96. The van der Waals surface area contributed by atoms with E-state index in [9.17, 15) is 9.59 Å². The van der Waals surface area contributed by atoms with Gasteiger partial charge in [-0.3, -0.25) is 4.79 Å². The molecule has 1 aromatic heterocycles. The molecule has 0 aliphatic rings. The molecular weight excluding hydrogens is 312 g/mol. The SMILES string of the molecule is Cc1sc(C(=O)OCC(=O)Nc2ccccc2Cl)cc1N. The molecule has 0 atom stereocenters. The Morgan fingerprint density at radius 3 is 2.71 bits per heavy atom. The summed E-state index contributed by atoms with van der Waals surface area (Å²) in [6, 6.07) is 8.34. The summed E-state index contributed by atoms with van der Waals surface area (Å²) in [5, 5.41) is 2.98. The fourth-order valence-electron chi connectivity index (χ4n) is 1.55. The van der Waals surface area contributed by atoms with Gasteiger partial charge in [-0.15, -0.1) is 11.3 Å². The lowest BCUT2D eigenvalue weighted by Gasteiger charge is -2.07. The van der Waals surface area contributed by atoms with Crippen LogP contribution in [0.15, 0.2) is 30.3 Å². The van der Waals surface area contributed by atoms with Crippen LogP contribution in [0.4, 0.5) is 11.4 Å². The normalized spacial score (nSPS) is 10.2. The number of rotatable bonds is 4. The molecule has 1 amide bonds. The summed E-state index contributed by atoms with van der Waals surface area (Å²) < 4.78 is 4.93. The fourth-order valence-corrected chi connectivity index (χ4v) is 2.57. The molecule has 2 aromatic rings. The van der Waals surface area contributed by atoms with Gasteiger partial charge < -0.3 is 15.8 Å². The second kappa shape index (κ2) is 6.60. The molecule has 0 fully saturated rings. The third-order valence-corrected chi connectivity index (χ3v) is 4.02. The van der Waals surface area contributed by atoms with Gasteiger partial charge in [-0.2, -0.15) is 0 Å². The topological polar surface area (TPSA) is 81.4 Å². The van der Waals surface area contributed by atoms with E-state index in [-0.39, 0.29) is 6.61 Å². The molecule has 0 aliphatic carbocycles. The highest BCUT2D eigenvalue weighted by atomic mass is 35.5. The van der Waals surface area contributed by atoms with Crippen LogP contribution in [0.5, 0.6) is 0 Å². The van der Waals surface area contributed by atoms with Gasteiger partial charge in [0.2, 0.25) is 0 Å². The van der Waals surface area contributed by atoms with E-state index >= 15 is 0 Å². The lowest BCUT2D eigenvalue weighted by molar-refractivity contribution is -0.119. The van der Waals surface area contributed by atoms with Crippen LogP contribution in [0.1, 0.15) is 14.5 Å². The summed E-state index contributed by atoms with van der Waals surface area (Å²) >= 11 is 7.14. The summed E-state index contributed by atoms with van der Waals surface area (Å²) in [4.78, 5) is 24.7. The summed E-state index contributed by atoms with van der Waals surface area (Å²) in [6.07, 6.45) is 0. The van der Waals surface area contributed by atoms with E-state index in [1.54, 1.807) is 31.2 Å². The summed E-state index contributed by atoms with van der Waals surface area (Å²) in [6.45, 7) is 1.42. The van der Waals surface area contributed by atoms with E-state index < -0.39 is 11.9 Å². The van der Waals surface area contributed by atoms with Crippen molar-refractivity contribution in [3.63, 3.8) is 0 Å². The van der Waals surface area contributed by atoms with Crippen molar-refractivity contribution in [2.24, 2.45) is 0 Å². The Labute approximate surface area is 130 Å². The first-order valence-electron chi connectivity index (χ1n) is 6.05. The zero-order valence-electron chi connectivity index (χ0n) is 11.2. The van der Waals surface area contributed by atoms with Crippen molar-refractivity contribution in [2.75, 3.05) is 17.7 Å². The number of nitrogens with one attached hydrogen (secondary N) is 1. The first-order valence-corrected chi connectivity index (χ1v) is 7.24. The summed E-state index contributed by atoms with van der Waals surface area (Å²) in [7, 11) is 0. The molecule has 0 spiro atoms. The van der Waals surface area contributed by atoms with Crippen LogP contribution in [0.3, 0.4) is 0 Å². The molecule has 110 valence electrons. The highest BCUT2D eigenvalue weighted by Crippen LogP contribution is 2.24. The molecule has 1 heterocycles. The number of benzene rings is 1. The van der Waals surface area contributed by atoms with E-state index in [2.05, 4.69) is 5.32 Å². The van der Waals surface area contributed by atoms with E-state index in [4.69, 9.17) is 22.1 Å². The zero-order chi connectivity index (χ0) is 15.4. The van der Waals surface area contributed by atoms with Crippen molar-refractivity contribution < 1.29 is 14.3 Å². The van der Waals surface area contributed by atoms with E-state index in [0.717, 1.165) is 4.88 Å². The minimum absolute atomic E-state index is 0.371. The highest BCUT2D eigenvalue weighted by molar-refractivity contribution is 7.14. The molecule has 1 aromatic carbocycles. The molecule has 3 N–H and O–H groups in total. The number of nitrogens with two attached hydrogens (primary N) is 1. The van der Waals surface area contributed by atoms with Gasteiger partial charge in [0.15, 0.2) is 6.61 Å². The number of hydrogen-bond donors (Lipinski definition) is 2. The predicted molar refractivity (Wildman–Crippen MR) is 83.8 cm³/mol. The van der Waals surface area contributed by atoms with Crippen molar-refractivity contribution in [3.05, 3.63) is 45.1 Å². The van der Waals surface area contributed by atoms with Crippen molar-refractivity contribution in [1.29, 1.82) is 0 Å². The Balaban J connectivity index is 1.89. The fraction of sp³-hybridized carbons (Fsp3) is 0.143. The van der Waals surface area contributed by atoms with Gasteiger partial charge in [0, 0.05) is 10.6 Å². The van der Waals surface area contributed by atoms with Crippen molar-refractivity contribution in [1.82, 2.24) is 0 Å². The number of nitrogen functional groups attached to an aromatic ring is 1. The van der Waals surface area contributed by atoms with Crippen LogP contribution in [-0.4, -0.2) is 18.5 Å². The molecule has 0 saturated carbocycles. The van der Waals surface area contributed by atoms with Gasteiger partial charge >= 0.3 is 5.97 Å². The highest BCUT2D eigenvalue weighted by Gasteiger charge is 2.14. The Morgan fingerprint density at radius 2 is 2.10 bits per heavy atom. The lowest BCUT2D eigenvalue weighted by atomic mass is 10.3. The minimum atomic E-state index is -0.575.